The summed E-state index contributed by atoms with van der Waals surface area (Å²) in [7, 11) is 0. The minimum absolute atomic E-state index is 0.622. The molecule has 1 nitrogen and oxygen atoms in total. The second kappa shape index (κ2) is 7.55. The van der Waals surface area contributed by atoms with E-state index >= 15 is 0 Å². The second-order valence-corrected chi connectivity index (χ2v) is 6.50. The number of ether oxygens (including phenoxy) is 1. The average Bonchev–Trinajstić information content (AvgIpc) is 2.57. The molecule has 22 heavy (non-hydrogen) atoms. The topological polar surface area (TPSA) is 9.23 Å². The van der Waals surface area contributed by atoms with Gasteiger partial charge in [-0.25, -0.2) is 0 Å². The number of rotatable bonds is 4. The zero-order valence-corrected chi connectivity index (χ0v) is 13.6. The molecule has 3 rings (SSSR count). The van der Waals surface area contributed by atoms with Gasteiger partial charge in [0.2, 0.25) is 0 Å². The van der Waals surface area contributed by atoms with E-state index in [1.807, 2.05) is 18.2 Å². The van der Waals surface area contributed by atoms with Crippen molar-refractivity contribution in [2.45, 2.75) is 44.4 Å². The van der Waals surface area contributed by atoms with Crippen LogP contribution in [-0.2, 0) is 6.42 Å². The molecular formula is C20H22OS. The van der Waals surface area contributed by atoms with Gasteiger partial charge in [0.05, 0.1) is 0 Å². The standard InChI is InChI=1S/C20H22OS/c22-20(15-16-7-3-1-4-8-16)21-19-13-11-18(12-14-19)17-9-5-2-6-10-17/h1,3-4,7-8,11-14,17H,2,5-6,9-10,15H2. The Bertz CT molecular complexity index is 597. The first-order valence-corrected chi connectivity index (χ1v) is 8.56. The number of hydrogen-bond donors (Lipinski definition) is 0. The van der Waals surface area contributed by atoms with Gasteiger partial charge in [-0.2, -0.15) is 0 Å². The van der Waals surface area contributed by atoms with Crippen molar-refractivity contribution in [3.63, 3.8) is 0 Å². The van der Waals surface area contributed by atoms with Crippen LogP contribution in [0.25, 0.3) is 0 Å². The first kappa shape index (κ1) is 15.2. The summed E-state index contributed by atoms with van der Waals surface area (Å²) >= 11 is 5.35. The molecule has 1 saturated carbocycles. The van der Waals surface area contributed by atoms with Gasteiger partial charge in [0.1, 0.15) is 5.75 Å². The summed E-state index contributed by atoms with van der Waals surface area (Å²) in [5.41, 5.74) is 2.63. The second-order valence-electron chi connectivity index (χ2n) is 6.04. The van der Waals surface area contributed by atoms with Crippen molar-refractivity contribution in [3.05, 3.63) is 65.7 Å². The third kappa shape index (κ3) is 4.17. The first-order valence-electron chi connectivity index (χ1n) is 8.16. The summed E-state index contributed by atoms with van der Waals surface area (Å²) in [5, 5.41) is 0.622. The van der Waals surface area contributed by atoms with Gasteiger partial charge in [0.25, 0.3) is 0 Å². The Morgan fingerprint density at radius 1 is 0.909 bits per heavy atom. The molecule has 0 aliphatic heterocycles. The van der Waals surface area contributed by atoms with Crippen molar-refractivity contribution in [2.75, 3.05) is 0 Å². The fourth-order valence-corrected chi connectivity index (χ4v) is 3.44. The molecule has 0 spiro atoms. The summed E-state index contributed by atoms with van der Waals surface area (Å²) in [4.78, 5) is 0. The van der Waals surface area contributed by atoms with Gasteiger partial charge in [-0.15, -0.1) is 0 Å². The molecule has 0 bridgehead atoms. The Morgan fingerprint density at radius 3 is 2.27 bits per heavy atom. The Kier molecular flexibility index (Phi) is 5.23. The van der Waals surface area contributed by atoms with Crippen LogP contribution in [0, 0.1) is 0 Å². The maximum absolute atomic E-state index is 5.79. The van der Waals surface area contributed by atoms with E-state index in [2.05, 4.69) is 36.4 Å². The van der Waals surface area contributed by atoms with Gasteiger partial charge in [0.15, 0.2) is 5.05 Å². The van der Waals surface area contributed by atoms with Crippen LogP contribution in [0.1, 0.15) is 49.1 Å². The Labute approximate surface area is 138 Å². The van der Waals surface area contributed by atoms with Crippen LogP contribution in [0.4, 0.5) is 0 Å². The highest BCUT2D eigenvalue weighted by atomic mass is 32.1. The van der Waals surface area contributed by atoms with Gasteiger partial charge in [0, 0.05) is 6.42 Å². The molecule has 1 fully saturated rings. The monoisotopic (exact) mass is 310 g/mol. The lowest BCUT2D eigenvalue weighted by atomic mass is 9.84. The van der Waals surface area contributed by atoms with Gasteiger partial charge in [-0.05, 0) is 54.2 Å². The van der Waals surface area contributed by atoms with Crippen LogP contribution < -0.4 is 4.74 Å². The smallest absolute Gasteiger partial charge is 0.171 e. The molecule has 2 aromatic rings. The van der Waals surface area contributed by atoms with Crippen LogP contribution in [-0.4, -0.2) is 5.05 Å². The quantitative estimate of drug-likeness (QED) is 0.672. The molecule has 0 heterocycles. The van der Waals surface area contributed by atoms with Gasteiger partial charge < -0.3 is 4.74 Å². The molecule has 114 valence electrons. The van der Waals surface area contributed by atoms with E-state index in [1.165, 1.54) is 43.2 Å². The van der Waals surface area contributed by atoms with Crippen LogP contribution >= 0.6 is 12.2 Å². The maximum Gasteiger partial charge on any atom is 0.171 e. The SMILES string of the molecule is S=C(Cc1ccccc1)Oc1ccc(C2CCCCC2)cc1. The summed E-state index contributed by atoms with van der Waals surface area (Å²) in [6, 6.07) is 18.7. The van der Waals surface area contributed by atoms with Crippen molar-refractivity contribution in [2.24, 2.45) is 0 Å². The van der Waals surface area contributed by atoms with E-state index in [0.29, 0.717) is 11.5 Å². The lowest BCUT2D eigenvalue weighted by molar-refractivity contribution is 0.443. The maximum atomic E-state index is 5.79. The first-order chi connectivity index (χ1) is 10.8. The number of thiocarbonyl (C=S) groups is 1. The highest BCUT2D eigenvalue weighted by molar-refractivity contribution is 7.80. The van der Waals surface area contributed by atoms with Gasteiger partial charge in [-0.1, -0.05) is 61.7 Å². The predicted octanol–water partition coefficient (Wildman–Crippen LogP) is 5.68. The Morgan fingerprint density at radius 2 is 1.59 bits per heavy atom. The Balaban J connectivity index is 1.57. The fraction of sp³-hybridized carbons (Fsp3) is 0.350. The van der Waals surface area contributed by atoms with E-state index in [0.717, 1.165) is 11.7 Å². The van der Waals surface area contributed by atoms with E-state index in [1.54, 1.807) is 0 Å². The largest absolute Gasteiger partial charge is 0.450 e. The molecule has 0 amide bonds. The van der Waals surface area contributed by atoms with Gasteiger partial charge >= 0.3 is 0 Å². The summed E-state index contributed by atoms with van der Waals surface area (Å²) in [6.07, 6.45) is 7.46. The van der Waals surface area contributed by atoms with E-state index < -0.39 is 0 Å². The number of hydrogen-bond acceptors (Lipinski definition) is 2. The zero-order valence-electron chi connectivity index (χ0n) is 12.8. The molecular weight excluding hydrogens is 288 g/mol. The minimum Gasteiger partial charge on any atom is -0.450 e. The van der Waals surface area contributed by atoms with Crippen molar-refractivity contribution < 1.29 is 4.74 Å². The van der Waals surface area contributed by atoms with E-state index in [-0.39, 0.29) is 0 Å². The summed E-state index contributed by atoms with van der Waals surface area (Å²) < 4.78 is 5.79. The zero-order chi connectivity index (χ0) is 15.2. The third-order valence-corrected chi connectivity index (χ3v) is 4.61. The van der Waals surface area contributed by atoms with Crippen molar-refractivity contribution >= 4 is 17.3 Å². The summed E-state index contributed by atoms with van der Waals surface area (Å²) in [5.74, 6) is 1.58. The highest BCUT2D eigenvalue weighted by Gasteiger charge is 2.15. The molecule has 0 saturated heterocycles. The van der Waals surface area contributed by atoms with Crippen LogP contribution in [0.15, 0.2) is 54.6 Å². The minimum atomic E-state index is 0.622. The lowest BCUT2D eigenvalue weighted by Crippen LogP contribution is -2.09. The highest BCUT2D eigenvalue weighted by Crippen LogP contribution is 2.33. The van der Waals surface area contributed by atoms with E-state index in [9.17, 15) is 0 Å². The van der Waals surface area contributed by atoms with Crippen molar-refractivity contribution in [1.82, 2.24) is 0 Å². The van der Waals surface area contributed by atoms with E-state index in [4.69, 9.17) is 17.0 Å². The van der Waals surface area contributed by atoms with Gasteiger partial charge in [-0.3, -0.25) is 0 Å². The third-order valence-electron chi connectivity index (χ3n) is 4.38. The molecule has 0 aromatic heterocycles. The van der Waals surface area contributed by atoms with Crippen molar-refractivity contribution in [3.8, 4) is 5.75 Å². The van der Waals surface area contributed by atoms with Crippen LogP contribution in [0.3, 0.4) is 0 Å². The predicted molar refractivity (Wildman–Crippen MR) is 95.6 cm³/mol. The lowest BCUT2D eigenvalue weighted by Gasteiger charge is -2.22. The average molecular weight is 310 g/mol. The van der Waals surface area contributed by atoms with Crippen LogP contribution in [0.2, 0.25) is 0 Å². The van der Waals surface area contributed by atoms with Crippen molar-refractivity contribution in [1.29, 1.82) is 0 Å². The molecule has 0 radical (unpaired) electrons. The molecule has 0 unspecified atom stereocenters. The normalized spacial score (nSPS) is 15.5. The number of benzene rings is 2. The molecule has 2 heteroatoms. The molecule has 0 N–H and O–H groups in total. The molecule has 1 aliphatic rings. The van der Waals surface area contributed by atoms with Crippen LogP contribution in [0.5, 0.6) is 5.75 Å². The molecule has 1 aliphatic carbocycles. The molecule has 2 aromatic carbocycles. The fourth-order valence-electron chi connectivity index (χ4n) is 3.17. The summed E-state index contributed by atoms with van der Waals surface area (Å²) in [6.45, 7) is 0. The Hall–Kier alpha value is -1.67. The molecule has 0 atom stereocenters.